The van der Waals surface area contributed by atoms with E-state index in [0.717, 1.165) is 38.8 Å². The van der Waals surface area contributed by atoms with Crippen molar-refractivity contribution in [2.75, 3.05) is 6.61 Å². The first-order valence-corrected chi connectivity index (χ1v) is 9.23. The van der Waals surface area contributed by atoms with Crippen molar-refractivity contribution in [3.8, 4) is 0 Å². The van der Waals surface area contributed by atoms with Gasteiger partial charge in [-0.05, 0) is 39.0 Å². The largest absolute Gasteiger partial charge is 0.542 e. The molecule has 1 aromatic heterocycles. The van der Waals surface area contributed by atoms with Crippen molar-refractivity contribution in [2.45, 2.75) is 71.6 Å². The van der Waals surface area contributed by atoms with Crippen molar-refractivity contribution in [2.24, 2.45) is 0 Å². The van der Waals surface area contributed by atoms with Gasteiger partial charge >= 0.3 is 12.1 Å². The summed E-state index contributed by atoms with van der Waals surface area (Å²) in [5.41, 5.74) is 0.471. The van der Waals surface area contributed by atoms with Crippen LogP contribution in [0, 0.1) is 0 Å². The third kappa shape index (κ3) is 12.9. The van der Waals surface area contributed by atoms with Crippen molar-refractivity contribution < 1.29 is 37.2 Å². The fourth-order valence-electron chi connectivity index (χ4n) is 2.08. The first kappa shape index (κ1) is 25.7. The van der Waals surface area contributed by atoms with Crippen molar-refractivity contribution in [3.63, 3.8) is 0 Å². The standard InChI is InChI=1S/C17H29N2O2.C2HF3O2/c1-4-5-10-18-12-13-19(15-18)11-8-6-7-9-14-21-17(20)16(2)3;3-2(4,5)1(6)7/h12-13,15H,2,4-11,14H2,1,3H3;(H,6,7)/q+1;/p-1. The summed E-state index contributed by atoms with van der Waals surface area (Å²) in [6.07, 6.45) is 8.10. The zero-order valence-electron chi connectivity index (χ0n) is 16.5. The molecule has 0 aliphatic carbocycles. The summed E-state index contributed by atoms with van der Waals surface area (Å²) < 4.78 is 41.1. The van der Waals surface area contributed by atoms with E-state index in [4.69, 9.17) is 14.6 Å². The Balaban J connectivity index is 0.000000887. The van der Waals surface area contributed by atoms with E-state index in [1.165, 1.54) is 12.8 Å². The van der Waals surface area contributed by atoms with E-state index >= 15 is 0 Å². The first-order chi connectivity index (χ1) is 13.1. The molecule has 0 fully saturated rings. The van der Waals surface area contributed by atoms with Crippen LogP contribution < -0.4 is 9.67 Å². The molecule has 0 N–H and O–H groups in total. The number of carboxylic acid groups (broad SMARTS) is 1. The van der Waals surface area contributed by atoms with Gasteiger partial charge in [-0.15, -0.1) is 0 Å². The maximum absolute atomic E-state index is 11.2. The Morgan fingerprint density at radius 2 is 1.79 bits per heavy atom. The predicted molar refractivity (Wildman–Crippen MR) is 94.8 cm³/mol. The van der Waals surface area contributed by atoms with Crippen LogP contribution in [0.15, 0.2) is 30.9 Å². The van der Waals surface area contributed by atoms with E-state index in [1.807, 2.05) is 0 Å². The van der Waals surface area contributed by atoms with Crippen molar-refractivity contribution in [1.29, 1.82) is 0 Å². The van der Waals surface area contributed by atoms with Gasteiger partial charge in [-0.25, -0.2) is 13.9 Å². The monoisotopic (exact) mass is 406 g/mol. The topological polar surface area (TPSA) is 75.2 Å². The molecule has 1 aromatic rings. The van der Waals surface area contributed by atoms with Gasteiger partial charge in [-0.1, -0.05) is 19.9 Å². The summed E-state index contributed by atoms with van der Waals surface area (Å²) in [4.78, 5) is 20.0. The number of carboxylic acids is 1. The molecule has 28 heavy (non-hydrogen) atoms. The summed E-state index contributed by atoms with van der Waals surface area (Å²) in [5.74, 6) is -3.29. The van der Waals surface area contributed by atoms with Gasteiger partial charge in [0.25, 0.3) is 0 Å². The molecule has 0 bridgehead atoms. The van der Waals surface area contributed by atoms with E-state index in [0.29, 0.717) is 12.2 Å². The summed E-state index contributed by atoms with van der Waals surface area (Å²) in [6, 6.07) is 0. The molecule has 1 heterocycles. The van der Waals surface area contributed by atoms with Gasteiger partial charge in [0.2, 0.25) is 6.33 Å². The lowest BCUT2D eigenvalue weighted by Gasteiger charge is -2.03. The van der Waals surface area contributed by atoms with E-state index < -0.39 is 12.1 Å². The highest BCUT2D eigenvalue weighted by Crippen LogP contribution is 2.11. The number of halogens is 3. The minimum atomic E-state index is -5.19. The molecule has 0 amide bonds. The maximum Gasteiger partial charge on any atom is 0.430 e. The van der Waals surface area contributed by atoms with Crippen molar-refractivity contribution >= 4 is 11.9 Å². The number of ether oxygens (including phenoxy) is 1. The lowest BCUT2D eigenvalue weighted by molar-refractivity contribution is -0.696. The second-order valence-electron chi connectivity index (χ2n) is 6.36. The number of carbonyl (C=O) groups is 2. The highest BCUT2D eigenvalue weighted by atomic mass is 19.4. The molecular weight excluding hydrogens is 377 g/mol. The lowest BCUT2D eigenvalue weighted by atomic mass is 10.2. The molecule has 0 spiro atoms. The Kier molecular flexibility index (Phi) is 12.6. The van der Waals surface area contributed by atoms with Crippen LogP contribution >= 0.6 is 0 Å². The molecule has 0 atom stereocenters. The zero-order chi connectivity index (χ0) is 21.6. The number of hydrogen-bond donors (Lipinski definition) is 0. The normalized spacial score (nSPS) is 10.8. The molecule has 0 radical (unpaired) electrons. The first-order valence-electron chi connectivity index (χ1n) is 9.23. The van der Waals surface area contributed by atoms with E-state index in [-0.39, 0.29) is 5.97 Å². The van der Waals surface area contributed by atoms with Crippen LogP contribution in [0.2, 0.25) is 0 Å². The minimum absolute atomic E-state index is 0.279. The summed E-state index contributed by atoms with van der Waals surface area (Å²) in [7, 11) is 0. The van der Waals surface area contributed by atoms with Crippen LogP contribution in [-0.4, -0.2) is 29.3 Å². The van der Waals surface area contributed by atoms with E-state index in [1.54, 1.807) is 6.92 Å². The molecular formula is C19H29F3N2O4. The molecule has 0 saturated heterocycles. The number of nitrogens with zero attached hydrogens (tertiary/aromatic N) is 2. The minimum Gasteiger partial charge on any atom is -0.542 e. The Labute approximate surface area is 163 Å². The third-order valence-corrected chi connectivity index (χ3v) is 3.64. The fourth-order valence-corrected chi connectivity index (χ4v) is 2.08. The summed E-state index contributed by atoms with van der Waals surface area (Å²) in [5, 5.41) is 8.78. The molecule has 0 aliphatic heterocycles. The average Bonchev–Trinajstić information content (AvgIpc) is 3.06. The van der Waals surface area contributed by atoms with Gasteiger partial charge in [-0.3, -0.25) is 0 Å². The number of rotatable bonds is 11. The van der Waals surface area contributed by atoms with Gasteiger partial charge in [0, 0.05) is 5.57 Å². The number of aryl methyl sites for hydroxylation is 2. The average molecular weight is 406 g/mol. The number of imidazole rings is 1. The molecule has 9 heteroatoms. The van der Waals surface area contributed by atoms with Crippen LogP contribution in [0.4, 0.5) is 13.2 Å². The van der Waals surface area contributed by atoms with Crippen molar-refractivity contribution in [3.05, 3.63) is 30.9 Å². The number of alkyl halides is 3. The number of unbranched alkanes of at least 4 members (excludes halogenated alkanes) is 4. The van der Waals surface area contributed by atoms with E-state index in [2.05, 4.69) is 41.4 Å². The highest BCUT2D eigenvalue weighted by Gasteiger charge is 2.28. The Morgan fingerprint density at radius 3 is 2.32 bits per heavy atom. The maximum atomic E-state index is 11.2. The second-order valence-corrected chi connectivity index (χ2v) is 6.36. The molecule has 1 rings (SSSR count). The molecule has 6 nitrogen and oxygen atoms in total. The Morgan fingerprint density at radius 1 is 1.18 bits per heavy atom. The Hall–Kier alpha value is -2.32. The number of hydrogen-bond acceptors (Lipinski definition) is 4. The lowest BCUT2D eigenvalue weighted by Crippen LogP contribution is -2.37. The smallest absolute Gasteiger partial charge is 0.430 e. The molecule has 0 aliphatic rings. The van der Waals surface area contributed by atoms with Gasteiger partial charge in [0.05, 0.1) is 19.7 Å². The third-order valence-electron chi connectivity index (χ3n) is 3.64. The number of aliphatic carboxylic acids is 1. The van der Waals surface area contributed by atoms with Crippen LogP contribution in [0.1, 0.15) is 52.4 Å². The molecule has 0 aromatic carbocycles. The van der Waals surface area contributed by atoms with E-state index in [9.17, 15) is 18.0 Å². The molecule has 0 saturated carbocycles. The van der Waals surface area contributed by atoms with Crippen LogP contribution in [0.3, 0.4) is 0 Å². The summed E-state index contributed by atoms with van der Waals surface area (Å²) in [6.45, 7) is 10.1. The van der Waals surface area contributed by atoms with Crippen molar-refractivity contribution in [1.82, 2.24) is 4.57 Å². The fraction of sp³-hybridized carbons (Fsp3) is 0.632. The summed E-state index contributed by atoms with van der Waals surface area (Å²) >= 11 is 0. The highest BCUT2D eigenvalue weighted by molar-refractivity contribution is 5.86. The quantitative estimate of drug-likeness (QED) is 0.245. The van der Waals surface area contributed by atoms with Crippen LogP contribution in [0.25, 0.3) is 0 Å². The zero-order valence-corrected chi connectivity index (χ0v) is 16.5. The number of esters is 1. The molecule has 0 unspecified atom stereocenters. The predicted octanol–water partition coefficient (Wildman–Crippen LogP) is 2.55. The molecule has 160 valence electrons. The second kappa shape index (κ2) is 13.8. The number of aromatic nitrogens is 2. The van der Waals surface area contributed by atoms with Gasteiger partial charge in [-0.2, -0.15) is 13.2 Å². The van der Waals surface area contributed by atoms with Crippen LogP contribution in [-0.2, 0) is 27.4 Å². The van der Waals surface area contributed by atoms with Gasteiger partial charge in [0.15, 0.2) is 0 Å². The Bertz CT molecular complexity index is 613. The van der Waals surface area contributed by atoms with Gasteiger partial charge < -0.3 is 14.6 Å². The van der Waals surface area contributed by atoms with Crippen LogP contribution in [0.5, 0.6) is 0 Å². The SMILES string of the molecule is C=C(C)C(=O)OCCCCCC[n+]1ccn(CCCC)c1.O=C([O-])C(F)(F)F. The number of carbonyl (C=O) groups excluding carboxylic acids is 2. The van der Waals surface area contributed by atoms with Gasteiger partial charge in [0.1, 0.15) is 18.4 Å².